The van der Waals surface area contributed by atoms with Crippen molar-refractivity contribution >= 4 is 22.4 Å². The van der Waals surface area contributed by atoms with E-state index in [0.29, 0.717) is 0 Å². The summed E-state index contributed by atoms with van der Waals surface area (Å²) in [4.78, 5) is 15.2. The molecule has 1 aromatic carbocycles. The molecule has 24 heavy (non-hydrogen) atoms. The van der Waals surface area contributed by atoms with Crippen LogP contribution in [0.4, 0.5) is 0 Å². The van der Waals surface area contributed by atoms with Crippen molar-refractivity contribution < 1.29 is 9.90 Å². The molecule has 4 rings (SSSR count). The second-order valence-electron chi connectivity index (χ2n) is 5.79. The third-order valence-electron chi connectivity index (χ3n) is 4.27. The number of rotatable bonds is 3. The largest absolute Gasteiger partial charge is 0.477 e. The second kappa shape index (κ2) is 5.81. The molecule has 118 valence electrons. The molecular weight excluding hydrogens is 300 g/mol. The van der Waals surface area contributed by atoms with E-state index in [-0.39, 0.29) is 5.69 Å². The summed E-state index contributed by atoms with van der Waals surface area (Å²) in [7, 11) is 0. The van der Waals surface area contributed by atoms with Crippen LogP contribution < -0.4 is 0 Å². The molecule has 0 unspecified atom stereocenters. The Morgan fingerprint density at radius 3 is 2.83 bits per heavy atom. The molecule has 2 aromatic heterocycles. The van der Waals surface area contributed by atoms with Gasteiger partial charge in [0, 0.05) is 11.6 Å². The molecule has 0 saturated carbocycles. The standard InChI is InChI=1S/C20H16N2O2/c23-20(24)17-13-16(10-11-21-17)22-18-9-5-4-8-15(18)12-19(22)14-6-2-1-3-7-14/h1-2,4-6,8-13H,3,7H2,(H,23,24). The highest BCUT2D eigenvalue weighted by atomic mass is 16.4. The third-order valence-corrected chi connectivity index (χ3v) is 4.27. The minimum Gasteiger partial charge on any atom is -0.477 e. The Hall–Kier alpha value is -3.14. The van der Waals surface area contributed by atoms with Crippen LogP contribution in [0.25, 0.3) is 22.2 Å². The first-order valence-corrected chi connectivity index (χ1v) is 7.90. The van der Waals surface area contributed by atoms with Gasteiger partial charge in [0.25, 0.3) is 0 Å². The van der Waals surface area contributed by atoms with Crippen LogP contribution in [-0.4, -0.2) is 20.6 Å². The molecule has 1 aliphatic rings. The summed E-state index contributed by atoms with van der Waals surface area (Å²) >= 11 is 0. The van der Waals surface area contributed by atoms with Gasteiger partial charge in [-0.05, 0) is 42.7 Å². The fourth-order valence-corrected chi connectivity index (χ4v) is 3.16. The van der Waals surface area contributed by atoms with Crippen LogP contribution in [0.2, 0.25) is 0 Å². The molecule has 0 spiro atoms. The van der Waals surface area contributed by atoms with E-state index in [9.17, 15) is 9.90 Å². The molecule has 4 nitrogen and oxygen atoms in total. The van der Waals surface area contributed by atoms with Gasteiger partial charge in [-0.25, -0.2) is 9.78 Å². The monoisotopic (exact) mass is 316 g/mol. The number of benzene rings is 1. The Morgan fingerprint density at radius 2 is 2.04 bits per heavy atom. The van der Waals surface area contributed by atoms with Crippen LogP contribution >= 0.6 is 0 Å². The number of allylic oxidation sites excluding steroid dienone is 4. The molecule has 3 aromatic rings. The van der Waals surface area contributed by atoms with E-state index in [2.05, 4.69) is 46.0 Å². The number of carboxylic acids is 1. The Labute approximate surface area is 139 Å². The highest BCUT2D eigenvalue weighted by Crippen LogP contribution is 2.32. The van der Waals surface area contributed by atoms with Crippen molar-refractivity contribution in [1.82, 2.24) is 9.55 Å². The maximum Gasteiger partial charge on any atom is 0.354 e. The van der Waals surface area contributed by atoms with Gasteiger partial charge in [-0.3, -0.25) is 0 Å². The zero-order chi connectivity index (χ0) is 16.5. The molecule has 1 N–H and O–H groups in total. The fraction of sp³-hybridized carbons (Fsp3) is 0.100. The quantitative estimate of drug-likeness (QED) is 0.776. The number of para-hydroxylation sites is 1. The van der Waals surface area contributed by atoms with Gasteiger partial charge >= 0.3 is 5.97 Å². The summed E-state index contributed by atoms with van der Waals surface area (Å²) in [6.45, 7) is 0. The summed E-state index contributed by atoms with van der Waals surface area (Å²) in [5.74, 6) is -1.02. The second-order valence-corrected chi connectivity index (χ2v) is 5.79. The SMILES string of the molecule is O=C(O)c1cc(-n2c(C3=CC=CCC3)cc3ccccc32)ccn1. The molecule has 4 heteroatoms. The number of carboxylic acid groups (broad SMARTS) is 1. The third kappa shape index (κ3) is 2.42. The molecule has 1 aliphatic carbocycles. The molecule has 0 amide bonds. The normalized spacial score (nSPS) is 13.9. The van der Waals surface area contributed by atoms with Gasteiger partial charge in [-0.15, -0.1) is 0 Å². The highest BCUT2D eigenvalue weighted by Gasteiger charge is 2.16. The van der Waals surface area contributed by atoms with Crippen LogP contribution in [0.15, 0.2) is 66.9 Å². The van der Waals surface area contributed by atoms with E-state index in [1.807, 2.05) is 18.2 Å². The van der Waals surface area contributed by atoms with Crippen molar-refractivity contribution in [3.63, 3.8) is 0 Å². The lowest BCUT2D eigenvalue weighted by Gasteiger charge is -2.15. The number of pyridine rings is 1. The molecular formula is C20H16N2O2. The highest BCUT2D eigenvalue weighted by molar-refractivity contribution is 5.89. The molecule has 0 saturated heterocycles. The van der Waals surface area contributed by atoms with Crippen LogP contribution in [0.1, 0.15) is 29.0 Å². The van der Waals surface area contributed by atoms with E-state index in [0.717, 1.165) is 35.1 Å². The Balaban J connectivity index is 1.99. The molecule has 2 heterocycles. The van der Waals surface area contributed by atoms with Gasteiger partial charge in [0.15, 0.2) is 0 Å². The average molecular weight is 316 g/mol. The summed E-state index contributed by atoms with van der Waals surface area (Å²) < 4.78 is 2.12. The maximum atomic E-state index is 11.3. The summed E-state index contributed by atoms with van der Waals surface area (Å²) in [6.07, 6.45) is 9.91. The van der Waals surface area contributed by atoms with Gasteiger partial charge in [-0.1, -0.05) is 36.4 Å². The van der Waals surface area contributed by atoms with Crippen molar-refractivity contribution in [3.05, 3.63) is 78.3 Å². The Bertz CT molecular complexity index is 996. The van der Waals surface area contributed by atoms with E-state index in [1.165, 1.54) is 5.57 Å². The molecule has 0 aliphatic heterocycles. The van der Waals surface area contributed by atoms with Crippen LogP contribution in [0, 0.1) is 0 Å². The number of carbonyl (C=O) groups is 1. The lowest BCUT2D eigenvalue weighted by atomic mass is 10.0. The number of hydrogen-bond acceptors (Lipinski definition) is 2. The fourth-order valence-electron chi connectivity index (χ4n) is 3.16. The maximum absolute atomic E-state index is 11.3. The number of aromatic carboxylic acids is 1. The summed E-state index contributed by atoms with van der Waals surface area (Å²) in [6, 6.07) is 13.8. The average Bonchev–Trinajstić information content (AvgIpc) is 3.02. The van der Waals surface area contributed by atoms with Crippen LogP contribution in [0.5, 0.6) is 0 Å². The van der Waals surface area contributed by atoms with Gasteiger partial charge < -0.3 is 9.67 Å². The van der Waals surface area contributed by atoms with Gasteiger partial charge in [-0.2, -0.15) is 0 Å². The molecule has 0 radical (unpaired) electrons. The van der Waals surface area contributed by atoms with Gasteiger partial charge in [0.2, 0.25) is 0 Å². The van der Waals surface area contributed by atoms with Crippen molar-refractivity contribution in [2.24, 2.45) is 0 Å². The zero-order valence-electron chi connectivity index (χ0n) is 13.0. The van der Waals surface area contributed by atoms with Crippen LogP contribution in [0.3, 0.4) is 0 Å². The predicted molar refractivity (Wildman–Crippen MR) is 94.4 cm³/mol. The smallest absolute Gasteiger partial charge is 0.354 e. The van der Waals surface area contributed by atoms with Gasteiger partial charge in [0.05, 0.1) is 16.9 Å². The first-order chi connectivity index (χ1) is 11.7. The minimum absolute atomic E-state index is 0.0498. The topological polar surface area (TPSA) is 55.1 Å². The van der Waals surface area contributed by atoms with E-state index in [1.54, 1.807) is 12.3 Å². The number of hydrogen-bond donors (Lipinski definition) is 1. The molecule has 0 atom stereocenters. The molecule has 0 fully saturated rings. The van der Waals surface area contributed by atoms with E-state index < -0.39 is 5.97 Å². The molecule has 0 bridgehead atoms. The van der Waals surface area contributed by atoms with Crippen molar-refractivity contribution in [2.75, 3.05) is 0 Å². The predicted octanol–water partition coefficient (Wildman–Crippen LogP) is 4.46. The van der Waals surface area contributed by atoms with Gasteiger partial charge in [0.1, 0.15) is 5.69 Å². The first-order valence-electron chi connectivity index (χ1n) is 7.90. The summed E-state index contributed by atoms with van der Waals surface area (Å²) in [5.41, 5.74) is 4.28. The van der Waals surface area contributed by atoms with Crippen LogP contribution in [-0.2, 0) is 0 Å². The first kappa shape index (κ1) is 14.5. The van der Waals surface area contributed by atoms with Crippen molar-refractivity contribution in [1.29, 1.82) is 0 Å². The number of nitrogens with zero attached hydrogens (tertiary/aromatic N) is 2. The summed E-state index contributed by atoms with van der Waals surface area (Å²) in [5, 5.41) is 10.4. The van der Waals surface area contributed by atoms with Crippen molar-refractivity contribution in [3.8, 4) is 5.69 Å². The van der Waals surface area contributed by atoms with E-state index in [4.69, 9.17) is 0 Å². The Morgan fingerprint density at radius 1 is 1.17 bits per heavy atom. The minimum atomic E-state index is -1.02. The van der Waals surface area contributed by atoms with Crippen molar-refractivity contribution in [2.45, 2.75) is 12.8 Å². The van der Waals surface area contributed by atoms with E-state index >= 15 is 0 Å². The zero-order valence-corrected chi connectivity index (χ0v) is 13.0. The number of fused-ring (bicyclic) bond motifs is 1. The number of aromatic nitrogens is 2. The lowest BCUT2D eigenvalue weighted by molar-refractivity contribution is 0.0690. The Kier molecular flexibility index (Phi) is 3.50. The lowest BCUT2D eigenvalue weighted by Crippen LogP contribution is -2.05.